The molecule has 0 bridgehead atoms. The van der Waals surface area contributed by atoms with Crippen molar-refractivity contribution in [1.82, 2.24) is 9.55 Å². The van der Waals surface area contributed by atoms with Gasteiger partial charge < -0.3 is 19.3 Å². The lowest BCUT2D eigenvalue weighted by atomic mass is 10.1. The Kier molecular flexibility index (Phi) is 8.30. The average molecular weight is 504 g/mol. The van der Waals surface area contributed by atoms with Crippen LogP contribution in [0.25, 0.3) is 16.6 Å². The molecule has 1 saturated heterocycles. The number of aliphatic hydroxyl groups excluding tert-OH is 1. The Bertz CT molecular complexity index is 1440. The highest BCUT2D eigenvalue weighted by Gasteiger charge is 2.28. The minimum absolute atomic E-state index is 0.00151. The van der Waals surface area contributed by atoms with Gasteiger partial charge in [-0.05, 0) is 49.1 Å². The molecule has 1 N–H and O–H groups in total. The molecule has 4 aromatic rings. The van der Waals surface area contributed by atoms with Gasteiger partial charge in [0.05, 0.1) is 22.8 Å². The molecule has 2 aromatic heterocycles. The van der Waals surface area contributed by atoms with Crippen LogP contribution in [0.1, 0.15) is 35.7 Å². The number of nitrogens with zero attached hydrogens (tertiary/aromatic N) is 3. The zero-order valence-corrected chi connectivity index (χ0v) is 20.9. The topological polar surface area (TPSA) is 84.7 Å². The van der Waals surface area contributed by atoms with Gasteiger partial charge in [0.1, 0.15) is 12.4 Å². The molecule has 37 heavy (non-hydrogen) atoms. The largest absolute Gasteiger partial charge is 0.475 e. The van der Waals surface area contributed by atoms with Gasteiger partial charge in [-0.1, -0.05) is 31.2 Å². The van der Waals surface area contributed by atoms with Crippen molar-refractivity contribution in [1.29, 1.82) is 0 Å². The highest BCUT2D eigenvalue weighted by molar-refractivity contribution is 5.89. The zero-order valence-electron chi connectivity index (χ0n) is 20.9. The van der Waals surface area contributed by atoms with E-state index in [1.807, 2.05) is 52.8 Å². The number of aliphatic hydroxyl groups is 1. The van der Waals surface area contributed by atoms with Crippen LogP contribution in [0.5, 0.6) is 5.88 Å². The number of carbonyl (C=O) groups is 1. The first kappa shape index (κ1) is 26.0. The lowest BCUT2D eigenvalue weighted by Crippen LogP contribution is -2.35. The summed E-state index contributed by atoms with van der Waals surface area (Å²) in [5, 5.41) is 7.18. The number of anilines is 1. The third kappa shape index (κ3) is 5.24. The van der Waals surface area contributed by atoms with Crippen LogP contribution in [-0.2, 0) is 6.42 Å². The molecule has 3 heterocycles. The van der Waals surface area contributed by atoms with Gasteiger partial charge in [-0.15, -0.1) is 0 Å². The molecule has 0 saturated carbocycles. The van der Waals surface area contributed by atoms with Crippen molar-refractivity contribution in [3.8, 4) is 11.6 Å². The summed E-state index contributed by atoms with van der Waals surface area (Å²) in [6.07, 6.45) is 6.30. The normalized spacial score (nSPS) is 14.8. The van der Waals surface area contributed by atoms with Gasteiger partial charge in [0.25, 0.3) is 0 Å². The number of aromatic nitrogens is 2. The molecular formula is C29H30FN3O4. The second kappa shape index (κ2) is 11.8. The number of ether oxygens (including phenoxy) is 1. The van der Waals surface area contributed by atoms with E-state index in [4.69, 9.17) is 9.84 Å². The van der Waals surface area contributed by atoms with Crippen molar-refractivity contribution in [2.24, 2.45) is 0 Å². The van der Waals surface area contributed by atoms with Crippen LogP contribution >= 0.6 is 0 Å². The third-order valence-electron chi connectivity index (χ3n) is 6.61. The van der Waals surface area contributed by atoms with Crippen LogP contribution in [0.15, 0.2) is 71.8 Å². The number of hydrogen-bond donors (Lipinski definition) is 1. The van der Waals surface area contributed by atoms with E-state index >= 15 is 4.39 Å². The number of aryl methyl sites for hydroxylation is 1. The van der Waals surface area contributed by atoms with Crippen molar-refractivity contribution in [3.05, 3.63) is 94.2 Å². The Morgan fingerprint density at radius 3 is 2.65 bits per heavy atom. The summed E-state index contributed by atoms with van der Waals surface area (Å²) in [6, 6.07) is 16.3. The van der Waals surface area contributed by atoms with E-state index < -0.39 is 11.2 Å². The molecule has 1 fully saturated rings. The van der Waals surface area contributed by atoms with Gasteiger partial charge in [0.2, 0.25) is 5.88 Å². The molecule has 1 atom stereocenters. The molecule has 5 rings (SSSR count). The van der Waals surface area contributed by atoms with Gasteiger partial charge in [-0.25, -0.2) is 9.37 Å². The lowest BCUT2D eigenvalue weighted by molar-refractivity contribution is 0.112. The monoisotopic (exact) mass is 503 g/mol. The number of benzene rings is 2. The number of pyridine rings is 2. The molecule has 7 nitrogen and oxygen atoms in total. The summed E-state index contributed by atoms with van der Waals surface area (Å²) < 4.78 is 23.2. The van der Waals surface area contributed by atoms with E-state index in [1.54, 1.807) is 24.5 Å². The second-order valence-electron chi connectivity index (χ2n) is 8.67. The molecule has 1 unspecified atom stereocenters. The van der Waals surface area contributed by atoms with Crippen LogP contribution in [0.4, 0.5) is 10.1 Å². The summed E-state index contributed by atoms with van der Waals surface area (Å²) in [7, 11) is 1.00. The lowest BCUT2D eigenvalue weighted by Gasteiger charge is -2.28. The van der Waals surface area contributed by atoms with Gasteiger partial charge in [-0.3, -0.25) is 9.59 Å². The Balaban J connectivity index is 0.00000156. The van der Waals surface area contributed by atoms with E-state index in [2.05, 4.69) is 4.98 Å². The summed E-state index contributed by atoms with van der Waals surface area (Å²) in [4.78, 5) is 30.8. The predicted octanol–water partition coefficient (Wildman–Crippen LogP) is 4.56. The summed E-state index contributed by atoms with van der Waals surface area (Å²) in [5.41, 5.74) is 2.43. The standard InChI is InChI=1S/C28H26FN3O3.CH4O/c1-2-19-8-3-4-10-24(19)32-16-20(17-33)28(34)22-14-23(29)26(15-25(22)32)31-13-7-9-21(31)18-35-27-11-5-6-12-30-27;1-2/h3-6,8,10-12,14-17,21H,2,7,9,13,18H2,1H3;2H,1H3. The smallest absolute Gasteiger partial charge is 0.213 e. The molecule has 1 aliphatic heterocycles. The molecule has 2 aromatic carbocycles. The molecule has 0 aliphatic carbocycles. The maximum Gasteiger partial charge on any atom is 0.213 e. The highest BCUT2D eigenvalue weighted by Crippen LogP contribution is 2.32. The quantitative estimate of drug-likeness (QED) is 0.373. The molecule has 0 radical (unpaired) electrons. The Hall–Kier alpha value is -4.04. The number of hydrogen-bond acceptors (Lipinski definition) is 6. The maximum atomic E-state index is 15.5. The Labute approximate surface area is 214 Å². The van der Waals surface area contributed by atoms with E-state index in [9.17, 15) is 9.59 Å². The summed E-state index contributed by atoms with van der Waals surface area (Å²) in [6.45, 7) is 3.11. The maximum absolute atomic E-state index is 15.5. The minimum atomic E-state index is -0.488. The number of aldehydes is 1. The molecular weight excluding hydrogens is 473 g/mol. The number of halogens is 1. The van der Waals surface area contributed by atoms with E-state index in [-0.39, 0.29) is 17.0 Å². The van der Waals surface area contributed by atoms with Gasteiger partial charge in [0.15, 0.2) is 11.7 Å². The zero-order chi connectivity index (χ0) is 26.4. The average Bonchev–Trinajstić information content (AvgIpc) is 3.42. The van der Waals surface area contributed by atoms with Crippen LogP contribution in [0.3, 0.4) is 0 Å². The fourth-order valence-electron chi connectivity index (χ4n) is 4.84. The first-order valence-corrected chi connectivity index (χ1v) is 12.3. The van der Waals surface area contributed by atoms with E-state index in [1.165, 1.54) is 6.07 Å². The van der Waals surface area contributed by atoms with Crippen molar-refractivity contribution >= 4 is 22.9 Å². The van der Waals surface area contributed by atoms with Crippen LogP contribution in [0.2, 0.25) is 0 Å². The van der Waals surface area contributed by atoms with Crippen LogP contribution < -0.4 is 15.1 Å². The first-order chi connectivity index (χ1) is 18.1. The minimum Gasteiger partial charge on any atom is -0.475 e. The highest BCUT2D eigenvalue weighted by atomic mass is 19.1. The fourth-order valence-corrected chi connectivity index (χ4v) is 4.84. The van der Waals surface area contributed by atoms with Crippen molar-refractivity contribution in [3.63, 3.8) is 0 Å². The fraction of sp³-hybridized carbons (Fsp3) is 0.276. The molecule has 1 aliphatic rings. The van der Waals surface area contributed by atoms with Gasteiger partial charge in [-0.2, -0.15) is 0 Å². The number of rotatable bonds is 7. The van der Waals surface area contributed by atoms with Crippen LogP contribution in [-0.4, -0.2) is 47.2 Å². The predicted molar refractivity (Wildman–Crippen MR) is 143 cm³/mol. The third-order valence-corrected chi connectivity index (χ3v) is 6.61. The molecule has 0 spiro atoms. The number of carbonyl (C=O) groups excluding carboxylic acids is 1. The summed E-state index contributed by atoms with van der Waals surface area (Å²) in [5.74, 6) is 0.0439. The second-order valence-corrected chi connectivity index (χ2v) is 8.67. The first-order valence-electron chi connectivity index (χ1n) is 12.3. The molecule has 8 heteroatoms. The van der Waals surface area contributed by atoms with Crippen molar-refractivity contribution < 1.29 is 19.0 Å². The van der Waals surface area contributed by atoms with Crippen molar-refractivity contribution in [2.75, 3.05) is 25.2 Å². The van der Waals surface area contributed by atoms with Gasteiger partial charge in [0, 0.05) is 43.2 Å². The van der Waals surface area contributed by atoms with Crippen LogP contribution in [0, 0.1) is 5.82 Å². The number of para-hydroxylation sites is 1. The Morgan fingerprint density at radius 1 is 1.14 bits per heavy atom. The van der Waals surface area contributed by atoms with E-state index in [0.29, 0.717) is 36.5 Å². The SMILES string of the molecule is CCc1ccccc1-n1cc(C=O)c(=O)c2cc(F)c(N3CCCC3COc3ccccn3)cc21.CO. The molecule has 0 amide bonds. The Morgan fingerprint density at radius 2 is 1.92 bits per heavy atom. The summed E-state index contributed by atoms with van der Waals surface area (Å²) >= 11 is 0. The number of fused-ring (bicyclic) bond motifs is 1. The van der Waals surface area contributed by atoms with Gasteiger partial charge >= 0.3 is 0 Å². The molecule has 192 valence electrons. The van der Waals surface area contributed by atoms with E-state index in [0.717, 1.165) is 37.6 Å². The van der Waals surface area contributed by atoms with Crippen molar-refractivity contribution in [2.45, 2.75) is 32.2 Å².